The average Bonchev–Trinajstić information content (AvgIpc) is 2.93. The van der Waals surface area contributed by atoms with E-state index in [1.54, 1.807) is 6.20 Å². The fraction of sp³-hybridized carbons (Fsp3) is 0.538. The zero-order chi connectivity index (χ0) is 12.8. The highest BCUT2D eigenvalue weighted by Crippen LogP contribution is 2.24. The largest absolute Gasteiger partial charge is 0.409 e. The molecule has 0 radical (unpaired) electrons. The number of hydrogen-bond donors (Lipinski definition) is 2. The van der Waals surface area contributed by atoms with Gasteiger partial charge < -0.3 is 10.9 Å². The Balaban J connectivity index is 2.04. The van der Waals surface area contributed by atoms with Gasteiger partial charge in [0.15, 0.2) is 5.84 Å². The molecule has 0 unspecified atom stereocenters. The van der Waals surface area contributed by atoms with Crippen LogP contribution < -0.4 is 5.73 Å². The lowest BCUT2D eigenvalue weighted by molar-refractivity contribution is 0.214. The van der Waals surface area contributed by atoms with E-state index >= 15 is 0 Å². The van der Waals surface area contributed by atoms with Crippen molar-refractivity contribution in [2.75, 3.05) is 6.54 Å². The van der Waals surface area contributed by atoms with Crippen LogP contribution in [0.1, 0.15) is 31.2 Å². The molecule has 5 heteroatoms. The van der Waals surface area contributed by atoms with E-state index < -0.39 is 0 Å². The van der Waals surface area contributed by atoms with Gasteiger partial charge in [-0.1, -0.05) is 24.1 Å². The minimum absolute atomic E-state index is 0.269. The summed E-state index contributed by atoms with van der Waals surface area (Å²) in [6.45, 7) is 1.31. The van der Waals surface area contributed by atoms with Crippen molar-refractivity contribution in [2.45, 2.75) is 38.3 Å². The number of nitrogens with zero attached hydrogens (tertiary/aromatic N) is 3. The molecule has 5 nitrogen and oxygen atoms in total. The van der Waals surface area contributed by atoms with Crippen LogP contribution >= 0.6 is 0 Å². The molecule has 2 rings (SSSR count). The van der Waals surface area contributed by atoms with Gasteiger partial charge in [-0.2, -0.15) is 0 Å². The number of oxime groups is 1. The fourth-order valence-corrected chi connectivity index (χ4v) is 2.55. The highest BCUT2D eigenvalue weighted by molar-refractivity contribution is 5.81. The summed E-state index contributed by atoms with van der Waals surface area (Å²) in [5.74, 6) is 0.269. The molecule has 1 aromatic rings. The van der Waals surface area contributed by atoms with Crippen molar-refractivity contribution in [2.24, 2.45) is 10.9 Å². The molecule has 0 saturated heterocycles. The van der Waals surface area contributed by atoms with Gasteiger partial charge in [0.2, 0.25) is 0 Å². The van der Waals surface area contributed by atoms with Crippen LogP contribution in [0.3, 0.4) is 0 Å². The monoisotopic (exact) mass is 248 g/mol. The van der Waals surface area contributed by atoms with E-state index in [2.05, 4.69) is 21.1 Å². The molecule has 0 atom stereocenters. The summed E-state index contributed by atoms with van der Waals surface area (Å²) in [5, 5.41) is 11.8. The van der Waals surface area contributed by atoms with Gasteiger partial charge in [0.1, 0.15) is 0 Å². The van der Waals surface area contributed by atoms with Crippen molar-refractivity contribution in [3.8, 4) is 0 Å². The fourth-order valence-electron chi connectivity index (χ4n) is 2.55. The van der Waals surface area contributed by atoms with Crippen LogP contribution in [-0.4, -0.2) is 33.5 Å². The number of rotatable bonds is 5. The maximum Gasteiger partial charge on any atom is 0.153 e. The lowest BCUT2D eigenvalue weighted by Crippen LogP contribution is -2.39. The van der Waals surface area contributed by atoms with Gasteiger partial charge in [0.05, 0.1) is 6.54 Å². The Hall–Kier alpha value is -1.62. The predicted molar refractivity (Wildman–Crippen MR) is 70.3 cm³/mol. The molecule has 0 aromatic carbocycles. The summed E-state index contributed by atoms with van der Waals surface area (Å²) in [7, 11) is 0. The maximum absolute atomic E-state index is 8.72. The highest BCUT2D eigenvalue weighted by atomic mass is 16.4. The molecule has 18 heavy (non-hydrogen) atoms. The Morgan fingerprint density at radius 1 is 1.50 bits per heavy atom. The van der Waals surface area contributed by atoms with Crippen LogP contribution in [0.15, 0.2) is 29.7 Å². The molecule has 98 valence electrons. The molecule has 1 aliphatic carbocycles. The zero-order valence-corrected chi connectivity index (χ0v) is 10.5. The van der Waals surface area contributed by atoms with Crippen LogP contribution in [-0.2, 0) is 6.54 Å². The summed E-state index contributed by atoms with van der Waals surface area (Å²) in [5.41, 5.74) is 6.80. The van der Waals surface area contributed by atoms with Gasteiger partial charge in [-0.05, 0) is 24.5 Å². The van der Waals surface area contributed by atoms with Crippen molar-refractivity contribution < 1.29 is 5.21 Å². The topological polar surface area (TPSA) is 74.7 Å². The maximum atomic E-state index is 8.72. The van der Waals surface area contributed by atoms with E-state index in [0.29, 0.717) is 12.6 Å². The van der Waals surface area contributed by atoms with Crippen LogP contribution in [0.5, 0.6) is 0 Å². The molecular weight excluding hydrogens is 228 g/mol. The Morgan fingerprint density at radius 2 is 2.28 bits per heavy atom. The Bertz CT molecular complexity index is 387. The molecule has 0 aliphatic heterocycles. The third-order valence-corrected chi connectivity index (χ3v) is 3.44. The molecule has 1 fully saturated rings. The van der Waals surface area contributed by atoms with Crippen molar-refractivity contribution in [1.82, 2.24) is 9.88 Å². The van der Waals surface area contributed by atoms with Crippen molar-refractivity contribution in [3.05, 3.63) is 30.1 Å². The van der Waals surface area contributed by atoms with E-state index in [1.165, 1.54) is 25.7 Å². The van der Waals surface area contributed by atoms with Gasteiger partial charge in [-0.3, -0.25) is 9.88 Å². The van der Waals surface area contributed by atoms with Gasteiger partial charge in [0, 0.05) is 25.0 Å². The van der Waals surface area contributed by atoms with E-state index in [4.69, 9.17) is 10.9 Å². The summed E-state index contributed by atoms with van der Waals surface area (Å²) < 4.78 is 0. The van der Waals surface area contributed by atoms with E-state index in [9.17, 15) is 0 Å². The molecule has 1 heterocycles. The number of aromatic nitrogens is 1. The van der Waals surface area contributed by atoms with Crippen LogP contribution in [0.25, 0.3) is 0 Å². The normalized spacial score (nSPS) is 17.5. The molecule has 3 N–H and O–H groups in total. The summed E-state index contributed by atoms with van der Waals surface area (Å²) >= 11 is 0. The van der Waals surface area contributed by atoms with Crippen LogP contribution in [0, 0.1) is 0 Å². The first kappa shape index (κ1) is 12.8. The standard InChI is InChI=1S/C13H20N4O/c14-13(16-18)10-17(12-5-1-2-6-12)9-11-4-3-7-15-8-11/h3-4,7-8,12,18H,1-2,5-6,9-10H2,(H2,14,16). The zero-order valence-electron chi connectivity index (χ0n) is 10.5. The number of pyridine rings is 1. The molecule has 0 bridgehead atoms. The smallest absolute Gasteiger partial charge is 0.153 e. The second-order valence-electron chi connectivity index (χ2n) is 4.80. The predicted octanol–water partition coefficient (Wildman–Crippen LogP) is 1.57. The molecule has 1 aliphatic rings. The summed E-state index contributed by atoms with van der Waals surface area (Å²) in [6.07, 6.45) is 8.56. The second kappa shape index (κ2) is 6.35. The van der Waals surface area contributed by atoms with E-state index in [0.717, 1.165) is 12.1 Å². The van der Waals surface area contributed by atoms with Crippen molar-refractivity contribution in [3.63, 3.8) is 0 Å². The lowest BCUT2D eigenvalue weighted by Gasteiger charge is -2.28. The number of nitrogens with two attached hydrogens (primary N) is 1. The van der Waals surface area contributed by atoms with Gasteiger partial charge in [-0.25, -0.2) is 0 Å². The van der Waals surface area contributed by atoms with Crippen LogP contribution in [0.2, 0.25) is 0 Å². The molecule has 1 aromatic heterocycles. The average molecular weight is 248 g/mol. The number of amidine groups is 1. The first-order valence-corrected chi connectivity index (χ1v) is 6.39. The Labute approximate surface area is 107 Å². The second-order valence-corrected chi connectivity index (χ2v) is 4.80. The number of hydrogen-bond acceptors (Lipinski definition) is 4. The van der Waals surface area contributed by atoms with Crippen molar-refractivity contribution >= 4 is 5.84 Å². The van der Waals surface area contributed by atoms with Crippen LogP contribution in [0.4, 0.5) is 0 Å². The minimum Gasteiger partial charge on any atom is -0.409 e. The van der Waals surface area contributed by atoms with E-state index in [1.807, 2.05) is 12.3 Å². The highest BCUT2D eigenvalue weighted by Gasteiger charge is 2.23. The Morgan fingerprint density at radius 3 is 2.89 bits per heavy atom. The molecule has 0 spiro atoms. The van der Waals surface area contributed by atoms with Crippen molar-refractivity contribution in [1.29, 1.82) is 0 Å². The van der Waals surface area contributed by atoms with Gasteiger partial charge in [0.25, 0.3) is 0 Å². The van der Waals surface area contributed by atoms with Gasteiger partial charge in [-0.15, -0.1) is 0 Å². The third-order valence-electron chi connectivity index (χ3n) is 3.44. The molecule has 0 amide bonds. The van der Waals surface area contributed by atoms with Gasteiger partial charge >= 0.3 is 0 Å². The van der Waals surface area contributed by atoms with E-state index in [-0.39, 0.29) is 5.84 Å². The molecular formula is C13H20N4O. The first-order chi connectivity index (χ1) is 8.79. The lowest BCUT2D eigenvalue weighted by atomic mass is 10.1. The third kappa shape index (κ3) is 3.43. The summed E-state index contributed by atoms with van der Waals surface area (Å²) in [4.78, 5) is 6.40. The first-order valence-electron chi connectivity index (χ1n) is 6.39. The minimum atomic E-state index is 0.269. The quantitative estimate of drug-likeness (QED) is 0.359. The SMILES string of the molecule is NC(CN(Cc1cccnc1)C1CCCC1)=NO. The Kier molecular flexibility index (Phi) is 4.52. The molecule has 1 saturated carbocycles. The summed E-state index contributed by atoms with van der Waals surface area (Å²) in [6, 6.07) is 4.53.